The lowest BCUT2D eigenvalue weighted by Gasteiger charge is -2.10. The second kappa shape index (κ2) is 9.10. The minimum absolute atomic E-state index is 0.232. The number of ether oxygens (including phenoxy) is 2. The number of carbonyl (C=O) groups excluding carboxylic acids is 1. The summed E-state index contributed by atoms with van der Waals surface area (Å²) in [5.41, 5.74) is 2.32. The van der Waals surface area contributed by atoms with Gasteiger partial charge in [0.1, 0.15) is 11.5 Å². The molecule has 3 aromatic carbocycles. The molecule has 0 aliphatic heterocycles. The maximum absolute atomic E-state index is 12.5. The van der Waals surface area contributed by atoms with E-state index in [1.54, 1.807) is 43.5 Å². The quantitative estimate of drug-likeness (QED) is 0.610. The first kappa shape index (κ1) is 18.8. The zero-order valence-corrected chi connectivity index (χ0v) is 15.7. The molecule has 0 fully saturated rings. The van der Waals surface area contributed by atoms with Crippen molar-refractivity contribution in [3.05, 3.63) is 88.9 Å². The number of nitrogens with one attached hydrogen (secondary N) is 1. The standard InChI is InChI=1S/C22H20ClNO3/c1-26-21-11-10-18(15-20(21)23)24-22(25)17-8-5-9-19(14-17)27-13-12-16-6-3-2-4-7-16/h2-11,14-15H,12-13H2,1H3,(H,24,25). The number of benzene rings is 3. The highest BCUT2D eigenvalue weighted by molar-refractivity contribution is 6.32. The Hall–Kier alpha value is -2.98. The van der Waals surface area contributed by atoms with Crippen LogP contribution in [0, 0.1) is 0 Å². The first-order valence-electron chi connectivity index (χ1n) is 8.57. The summed E-state index contributed by atoms with van der Waals surface area (Å²) in [6, 6.07) is 22.3. The lowest BCUT2D eigenvalue weighted by atomic mass is 10.1. The van der Waals surface area contributed by atoms with E-state index in [2.05, 4.69) is 17.4 Å². The second-order valence-corrected chi connectivity index (χ2v) is 6.32. The van der Waals surface area contributed by atoms with Crippen molar-refractivity contribution in [1.82, 2.24) is 0 Å². The second-order valence-electron chi connectivity index (χ2n) is 5.92. The Labute approximate surface area is 163 Å². The van der Waals surface area contributed by atoms with E-state index in [9.17, 15) is 4.79 Å². The minimum atomic E-state index is -0.232. The van der Waals surface area contributed by atoms with Crippen molar-refractivity contribution in [2.24, 2.45) is 0 Å². The topological polar surface area (TPSA) is 47.6 Å². The zero-order chi connectivity index (χ0) is 19.1. The minimum Gasteiger partial charge on any atom is -0.495 e. The van der Waals surface area contributed by atoms with E-state index in [-0.39, 0.29) is 5.91 Å². The van der Waals surface area contributed by atoms with E-state index in [4.69, 9.17) is 21.1 Å². The molecule has 0 saturated heterocycles. The van der Waals surface area contributed by atoms with Crippen LogP contribution in [-0.2, 0) is 6.42 Å². The predicted octanol–water partition coefficient (Wildman–Crippen LogP) is 5.22. The van der Waals surface area contributed by atoms with Gasteiger partial charge in [0.25, 0.3) is 5.91 Å². The highest BCUT2D eigenvalue weighted by Gasteiger charge is 2.09. The molecular formula is C22H20ClNO3. The van der Waals surface area contributed by atoms with Gasteiger partial charge in [0.2, 0.25) is 0 Å². The number of rotatable bonds is 7. The molecule has 1 N–H and O–H groups in total. The van der Waals surface area contributed by atoms with Crippen LogP contribution in [0.25, 0.3) is 0 Å². The van der Waals surface area contributed by atoms with Crippen molar-refractivity contribution in [2.75, 3.05) is 19.0 Å². The Morgan fingerprint density at radius 3 is 2.56 bits per heavy atom. The normalized spacial score (nSPS) is 10.3. The van der Waals surface area contributed by atoms with Crippen molar-refractivity contribution >= 4 is 23.2 Å². The van der Waals surface area contributed by atoms with Gasteiger partial charge < -0.3 is 14.8 Å². The van der Waals surface area contributed by atoms with E-state index in [0.29, 0.717) is 34.4 Å². The van der Waals surface area contributed by atoms with Crippen molar-refractivity contribution in [3.8, 4) is 11.5 Å². The molecule has 5 heteroatoms. The van der Waals surface area contributed by atoms with Crippen LogP contribution in [0.15, 0.2) is 72.8 Å². The first-order chi connectivity index (χ1) is 13.2. The molecule has 4 nitrogen and oxygen atoms in total. The highest BCUT2D eigenvalue weighted by atomic mass is 35.5. The molecule has 0 aromatic heterocycles. The number of halogens is 1. The van der Waals surface area contributed by atoms with Gasteiger partial charge in [-0.1, -0.05) is 48.0 Å². The van der Waals surface area contributed by atoms with Gasteiger partial charge in [0.15, 0.2) is 0 Å². The smallest absolute Gasteiger partial charge is 0.255 e. The summed E-state index contributed by atoms with van der Waals surface area (Å²) in [6.07, 6.45) is 0.807. The fraction of sp³-hybridized carbons (Fsp3) is 0.136. The number of methoxy groups -OCH3 is 1. The third-order valence-electron chi connectivity index (χ3n) is 4.01. The molecule has 1 amide bonds. The Morgan fingerprint density at radius 2 is 1.81 bits per heavy atom. The summed E-state index contributed by atoms with van der Waals surface area (Å²) in [4.78, 5) is 12.5. The molecule has 0 aliphatic carbocycles. The summed E-state index contributed by atoms with van der Waals surface area (Å²) in [6.45, 7) is 0.545. The lowest BCUT2D eigenvalue weighted by Crippen LogP contribution is -2.12. The van der Waals surface area contributed by atoms with Crippen LogP contribution in [0.5, 0.6) is 11.5 Å². The predicted molar refractivity (Wildman–Crippen MR) is 108 cm³/mol. The molecular weight excluding hydrogens is 362 g/mol. The fourth-order valence-electron chi connectivity index (χ4n) is 2.61. The summed E-state index contributed by atoms with van der Waals surface area (Å²) in [7, 11) is 1.54. The average molecular weight is 382 g/mol. The number of anilines is 1. The van der Waals surface area contributed by atoms with E-state index in [1.807, 2.05) is 24.3 Å². The van der Waals surface area contributed by atoms with Crippen molar-refractivity contribution in [1.29, 1.82) is 0 Å². The summed E-state index contributed by atoms with van der Waals surface area (Å²) in [5.74, 6) is 0.986. The van der Waals surface area contributed by atoms with Gasteiger partial charge in [-0.15, -0.1) is 0 Å². The van der Waals surface area contributed by atoms with Crippen LogP contribution >= 0.6 is 11.6 Å². The highest BCUT2D eigenvalue weighted by Crippen LogP contribution is 2.27. The third kappa shape index (κ3) is 5.25. The number of hydrogen-bond acceptors (Lipinski definition) is 3. The first-order valence-corrected chi connectivity index (χ1v) is 8.95. The summed E-state index contributed by atoms with van der Waals surface area (Å²) >= 11 is 6.10. The van der Waals surface area contributed by atoms with E-state index in [0.717, 1.165) is 6.42 Å². The van der Waals surface area contributed by atoms with Crippen molar-refractivity contribution in [3.63, 3.8) is 0 Å². The number of amides is 1. The van der Waals surface area contributed by atoms with Crippen LogP contribution in [0.4, 0.5) is 5.69 Å². The molecule has 0 bridgehead atoms. The molecule has 0 radical (unpaired) electrons. The van der Waals surface area contributed by atoms with Gasteiger partial charge in [-0.25, -0.2) is 0 Å². The molecule has 0 spiro atoms. The Morgan fingerprint density at radius 1 is 1.00 bits per heavy atom. The lowest BCUT2D eigenvalue weighted by molar-refractivity contribution is 0.102. The van der Waals surface area contributed by atoms with E-state index in [1.165, 1.54) is 5.56 Å². The Balaban J connectivity index is 1.60. The van der Waals surface area contributed by atoms with E-state index >= 15 is 0 Å². The number of hydrogen-bond donors (Lipinski definition) is 1. The van der Waals surface area contributed by atoms with Crippen molar-refractivity contribution in [2.45, 2.75) is 6.42 Å². The monoisotopic (exact) mass is 381 g/mol. The van der Waals surface area contributed by atoms with Crippen LogP contribution in [0.1, 0.15) is 15.9 Å². The van der Waals surface area contributed by atoms with Gasteiger partial charge in [-0.2, -0.15) is 0 Å². The van der Waals surface area contributed by atoms with Crippen LogP contribution in [-0.4, -0.2) is 19.6 Å². The molecule has 0 unspecified atom stereocenters. The largest absolute Gasteiger partial charge is 0.495 e. The third-order valence-corrected chi connectivity index (χ3v) is 4.30. The van der Waals surface area contributed by atoms with Crippen LogP contribution < -0.4 is 14.8 Å². The molecule has 0 saturated carbocycles. The maximum atomic E-state index is 12.5. The summed E-state index contributed by atoms with van der Waals surface area (Å²) in [5, 5.41) is 3.26. The van der Waals surface area contributed by atoms with Crippen molar-refractivity contribution < 1.29 is 14.3 Å². The van der Waals surface area contributed by atoms with Gasteiger partial charge in [0, 0.05) is 17.7 Å². The van der Waals surface area contributed by atoms with Gasteiger partial charge in [-0.05, 0) is 42.0 Å². The fourth-order valence-corrected chi connectivity index (χ4v) is 2.86. The molecule has 138 valence electrons. The zero-order valence-electron chi connectivity index (χ0n) is 14.9. The van der Waals surface area contributed by atoms with Gasteiger partial charge in [0.05, 0.1) is 18.7 Å². The van der Waals surface area contributed by atoms with Gasteiger partial charge >= 0.3 is 0 Å². The summed E-state index contributed by atoms with van der Waals surface area (Å²) < 4.78 is 10.9. The molecule has 27 heavy (non-hydrogen) atoms. The van der Waals surface area contributed by atoms with E-state index < -0.39 is 0 Å². The average Bonchev–Trinajstić information content (AvgIpc) is 2.69. The van der Waals surface area contributed by atoms with Gasteiger partial charge in [-0.3, -0.25) is 4.79 Å². The Bertz CT molecular complexity index is 912. The van der Waals surface area contributed by atoms with Crippen LogP contribution in [0.2, 0.25) is 5.02 Å². The molecule has 0 atom stereocenters. The molecule has 3 aromatic rings. The molecule has 0 heterocycles. The van der Waals surface area contributed by atoms with Crippen LogP contribution in [0.3, 0.4) is 0 Å². The molecule has 0 aliphatic rings. The molecule has 3 rings (SSSR count). The SMILES string of the molecule is COc1ccc(NC(=O)c2cccc(OCCc3ccccc3)c2)cc1Cl. The number of carbonyl (C=O) groups is 1. The maximum Gasteiger partial charge on any atom is 0.255 e. The Kier molecular flexibility index (Phi) is 6.34.